The van der Waals surface area contributed by atoms with Crippen LogP contribution in [-0.4, -0.2) is 28.6 Å². The average Bonchev–Trinajstić information content (AvgIpc) is 3.29. The van der Waals surface area contributed by atoms with E-state index >= 15 is 0 Å². The van der Waals surface area contributed by atoms with E-state index in [2.05, 4.69) is 42.2 Å². The van der Waals surface area contributed by atoms with Gasteiger partial charge in [-0.15, -0.1) is 0 Å². The van der Waals surface area contributed by atoms with Gasteiger partial charge in [-0.25, -0.2) is 0 Å². The van der Waals surface area contributed by atoms with Gasteiger partial charge in [0.15, 0.2) is 0 Å². The molecule has 1 aliphatic heterocycles. The first-order valence-electron chi connectivity index (χ1n) is 9.11. The normalized spacial score (nSPS) is 22.8. The van der Waals surface area contributed by atoms with Crippen LogP contribution >= 0.6 is 0 Å². The quantitative estimate of drug-likeness (QED) is 0.579. The van der Waals surface area contributed by atoms with E-state index in [1.807, 2.05) is 57.2 Å². The number of hydrogen-bond donors (Lipinski definition) is 0. The number of carbonyl (C=O) groups excluding carboxylic acids is 1. The second-order valence-corrected chi connectivity index (χ2v) is 7.88. The molecule has 3 nitrogen and oxygen atoms in total. The lowest BCUT2D eigenvalue weighted by molar-refractivity contribution is -0.155. The zero-order chi connectivity index (χ0) is 18.7. The third-order valence-corrected chi connectivity index (χ3v) is 4.44. The second-order valence-electron chi connectivity index (χ2n) is 7.88. The average molecular weight is 349 g/mol. The Morgan fingerprint density at radius 3 is 2.15 bits per heavy atom. The Morgan fingerprint density at radius 1 is 1.00 bits per heavy atom. The molecule has 26 heavy (non-hydrogen) atoms. The second kappa shape index (κ2) is 7.46. The Labute approximate surface area is 156 Å². The Bertz CT molecular complexity index is 775. The Hall–Kier alpha value is -2.39. The first-order valence-corrected chi connectivity index (χ1v) is 9.11. The van der Waals surface area contributed by atoms with Crippen LogP contribution in [0.5, 0.6) is 0 Å². The summed E-state index contributed by atoms with van der Waals surface area (Å²) in [5, 5.41) is 0. The molecule has 0 saturated carbocycles. The van der Waals surface area contributed by atoms with Crippen molar-refractivity contribution in [3.63, 3.8) is 0 Å². The van der Waals surface area contributed by atoms with Gasteiger partial charge in [0.2, 0.25) is 0 Å². The molecule has 0 N–H and O–H groups in total. The third kappa shape index (κ3) is 4.61. The molecular formula is C23H27NO2. The van der Waals surface area contributed by atoms with Gasteiger partial charge in [-0.2, -0.15) is 0 Å². The highest BCUT2D eigenvalue weighted by atomic mass is 16.6. The summed E-state index contributed by atoms with van der Waals surface area (Å²) in [6, 6.07) is 20.4. The van der Waals surface area contributed by atoms with E-state index in [-0.39, 0.29) is 18.1 Å². The van der Waals surface area contributed by atoms with Crippen LogP contribution in [0.1, 0.15) is 38.8 Å². The lowest BCUT2D eigenvalue weighted by atomic mass is 10.1. The van der Waals surface area contributed by atoms with E-state index in [0.29, 0.717) is 0 Å². The van der Waals surface area contributed by atoms with E-state index in [1.54, 1.807) is 0 Å². The van der Waals surface area contributed by atoms with Gasteiger partial charge in [-0.1, -0.05) is 72.3 Å². The highest BCUT2D eigenvalue weighted by Crippen LogP contribution is 2.38. The van der Waals surface area contributed by atoms with Gasteiger partial charge in [0, 0.05) is 6.54 Å². The van der Waals surface area contributed by atoms with E-state index in [0.717, 1.165) is 12.1 Å². The van der Waals surface area contributed by atoms with Crippen molar-refractivity contribution in [3.05, 3.63) is 77.4 Å². The van der Waals surface area contributed by atoms with Gasteiger partial charge in [-0.3, -0.25) is 9.69 Å². The molecule has 3 heteroatoms. The molecule has 136 valence electrons. The minimum absolute atomic E-state index is 0.0882. The molecule has 0 bridgehead atoms. The highest BCUT2D eigenvalue weighted by molar-refractivity contribution is 5.82. The SMILES string of the molecule is C/C(=C\c1ccccc1)[C@H]1[C@H](C(=O)OC(C)(C)C)N1Cc1ccccc1. The molecule has 1 aliphatic rings. The molecule has 1 unspecified atom stereocenters. The number of ether oxygens (including phenoxy) is 1. The van der Waals surface area contributed by atoms with E-state index in [4.69, 9.17) is 4.74 Å². The maximum absolute atomic E-state index is 12.7. The first-order chi connectivity index (χ1) is 12.3. The molecule has 0 spiro atoms. The van der Waals surface area contributed by atoms with Crippen LogP contribution in [0, 0.1) is 0 Å². The predicted octanol–water partition coefficient (Wildman–Crippen LogP) is 4.68. The van der Waals surface area contributed by atoms with Crippen molar-refractivity contribution in [2.45, 2.75) is 51.9 Å². The van der Waals surface area contributed by atoms with Crippen LogP contribution < -0.4 is 0 Å². The van der Waals surface area contributed by atoms with Gasteiger partial charge in [0.1, 0.15) is 11.6 Å². The van der Waals surface area contributed by atoms with Crippen molar-refractivity contribution in [2.75, 3.05) is 0 Å². The standard InChI is InChI=1S/C23H27NO2/c1-17(15-18-11-7-5-8-12-18)20-21(22(25)26-23(2,3)4)24(20)16-19-13-9-6-10-14-19/h5-15,20-21H,16H2,1-4H3/b17-15+/t20-,21+,24?/m0/s1. The lowest BCUT2D eigenvalue weighted by Gasteiger charge is -2.19. The van der Waals surface area contributed by atoms with Gasteiger partial charge in [0.25, 0.3) is 0 Å². The fourth-order valence-corrected chi connectivity index (χ4v) is 3.30. The zero-order valence-electron chi connectivity index (χ0n) is 16.0. The Balaban J connectivity index is 1.80. The number of benzene rings is 2. The lowest BCUT2D eigenvalue weighted by Crippen LogP contribution is -2.28. The molecule has 2 aromatic carbocycles. The van der Waals surface area contributed by atoms with E-state index in [9.17, 15) is 4.79 Å². The third-order valence-electron chi connectivity index (χ3n) is 4.44. The van der Waals surface area contributed by atoms with E-state index in [1.165, 1.54) is 11.1 Å². The van der Waals surface area contributed by atoms with Gasteiger partial charge in [-0.05, 0) is 38.8 Å². The summed E-state index contributed by atoms with van der Waals surface area (Å²) >= 11 is 0. The van der Waals surface area contributed by atoms with Crippen LogP contribution in [0.4, 0.5) is 0 Å². The summed E-state index contributed by atoms with van der Waals surface area (Å²) in [4.78, 5) is 14.9. The number of rotatable bonds is 5. The van der Waals surface area contributed by atoms with Crippen LogP contribution in [0.25, 0.3) is 6.08 Å². The summed E-state index contributed by atoms with van der Waals surface area (Å²) in [7, 11) is 0. The minimum Gasteiger partial charge on any atom is -0.459 e. The van der Waals surface area contributed by atoms with Crippen molar-refractivity contribution in [2.24, 2.45) is 0 Å². The topological polar surface area (TPSA) is 29.3 Å². The smallest absolute Gasteiger partial charge is 0.325 e. The first kappa shape index (κ1) is 18.4. The van der Waals surface area contributed by atoms with Crippen molar-refractivity contribution in [3.8, 4) is 0 Å². The minimum atomic E-state index is -0.473. The maximum atomic E-state index is 12.7. The number of hydrogen-bond acceptors (Lipinski definition) is 3. The molecule has 3 rings (SSSR count). The van der Waals surface area contributed by atoms with Crippen LogP contribution in [0.2, 0.25) is 0 Å². The van der Waals surface area contributed by atoms with Crippen molar-refractivity contribution in [1.29, 1.82) is 0 Å². The molecule has 0 amide bonds. The van der Waals surface area contributed by atoms with Crippen LogP contribution in [-0.2, 0) is 16.1 Å². The summed E-state index contributed by atoms with van der Waals surface area (Å²) in [6.45, 7) is 8.58. The molecule has 0 aliphatic carbocycles. The molecule has 1 fully saturated rings. The zero-order valence-corrected chi connectivity index (χ0v) is 16.0. The van der Waals surface area contributed by atoms with Crippen molar-refractivity contribution >= 4 is 12.0 Å². The van der Waals surface area contributed by atoms with E-state index < -0.39 is 5.60 Å². The fraction of sp³-hybridized carbons (Fsp3) is 0.348. The molecule has 0 radical (unpaired) electrons. The Kier molecular flexibility index (Phi) is 5.28. The van der Waals surface area contributed by atoms with Crippen molar-refractivity contribution < 1.29 is 9.53 Å². The fourth-order valence-electron chi connectivity index (χ4n) is 3.30. The summed E-state index contributed by atoms with van der Waals surface area (Å²) < 4.78 is 5.65. The number of carbonyl (C=O) groups is 1. The van der Waals surface area contributed by atoms with Crippen LogP contribution in [0.3, 0.4) is 0 Å². The van der Waals surface area contributed by atoms with Gasteiger partial charge < -0.3 is 4.74 Å². The van der Waals surface area contributed by atoms with Crippen LogP contribution in [0.15, 0.2) is 66.2 Å². The molecule has 1 heterocycles. The predicted molar refractivity (Wildman–Crippen MR) is 105 cm³/mol. The molecule has 0 aromatic heterocycles. The number of esters is 1. The van der Waals surface area contributed by atoms with Crippen molar-refractivity contribution in [1.82, 2.24) is 4.90 Å². The summed E-state index contributed by atoms with van der Waals surface area (Å²) in [5.41, 5.74) is 3.07. The molecular weight excluding hydrogens is 322 g/mol. The van der Waals surface area contributed by atoms with Gasteiger partial charge >= 0.3 is 5.97 Å². The molecule has 3 atom stereocenters. The summed E-state index contributed by atoms with van der Waals surface area (Å²) in [5.74, 6) is -0.140. The number of nitrogens with zero attached hydrogens (tertiary/aromatic N) is 1. The Morgan fingerprint density at radius 2 is 1.58 bits per heavy atom. The molecule has 2 aromatic rings. The largest absolute Gasteiger partial charge is 0.459 e. The highest BCUT2D eigenvalue weighted by Gasteiger charge is 2.54. The maximum Gasteiger partial charge on any atom is 0.325 e. The monoisotopic (exact) mass is 349 g/mol. The molecule has 1 saturated heterocycles. The van der Waals surface area contributed by atoms with Gasteiger partial charge in [0.05, 0.1) is 6.04 Å². The summed E-state index contributed by atoms with van der Waals surface area (Å²) in [6.07, 6.45) is 2.16.